The molecule has 0 fully saturated rings. The van der Waals surface area contributed by atoms with Crippen LogP contribution in [0.2, 0.25) is 0 Å². The minimum atomic E-state index is -0.258. The van der Waals surface area contributed by atoms with Crippen molar-refractivity contribution in [3.63, 3.8) is 0 Å². The molecule has 0 aliphatic rings. The van der Waals surface area contributed by atoms with Gasteiger partial charge in [-0.1, -0.05) is 182 Å². The average Bonchev–Trinajstić information content (AvgIpc) is 3.02. The summed E-state index contributed by atoms with van der Waals surface area (Å²) in [5.41, 5.74) is 0. The van der Waals surface area contributed by atoms with E-state index in [1.165, 1.54) is 173 Å². The SMILES string of the molecule is C.CCCCCCCCCCCCCCCCCCC(CCCCCCCCCCCCC)OC(=O)NCCCOCCOC. The third kappa shape index (κ3) is 39.3. The topological polar surface area (TPSA) is 56.8 Å². The van der Waals surface area contributed by atoms with Crippen molar-refractivity contribution in [2.45, 2.75) is 220 Å². The zero-order chi connectivity index (χ0) is 32.0. The minimum absolute atomic E-state index is 0. The molecule has 0 saturated heterocycles. The van der Waals surface area contributed by atoms with Crippen LogP contribution in [0.15, 0.2) is 0 Å². The molecule has 0 aromatic carbocycles. The summed E-state index contributed by atoms with van der Waals surface area (Å²) >= 11 is 0. The number of unbranched alkanes of at least 4 members (excludes halogenated alkanes) is 25. The van der Waals surface area contributed by atoms with Gasteiger partial charge in [-0.05, 0) is 32.1 Å². The Morgan fingerprint density at radius 3 is 1.20 bits per heavy atom. The molecule has 0 heterocycles. The maximum absolute atomic E-state index is 12.5. The van der Waals surface area contributed by atoms with Gasteiger partial charge < -0.3 is 19.5 Å². The highest BCUT2D eigenvalue weighted by molar-refractivity contribution is 5.67. The zero-order valence-electron chi connectivity index (χ0n) is 30.3. The molecular weight excluding hydrogens is 558 g/mol. The fourth-order valence-electron chi connectivity index (χ4n) is 6.02. The Hall–Kier alpha value is -0.810. The van der Waals surface area contributed by atoms with Gasteiger partial charge in [0, 0.05) is 20.3 Å². The van der Waals surface area contributed by atoms with Gasteiger partial charge >= 0.3 is 6.09 Å². The van der Waals surface area contributed by atoms with Gasteiger partial charge in [0.2, 0.25) is 0 Å². The molecular formula is C40H83NO4. The van der Waals surface area contributed by atoms with Crippen LogP contribution >= 0.6 is 0 Å². The largest absolute Gasteiger partial charge is 0.446 e. The highest BCUT2D eigenvalue weighted by atomic mass is 16.6. The van der Waals surface area contributed by atoms with Crippen molar-refractivity contribution < 1.29 is 19.0 Å². The highest BCUT2D eigenvalue weighted by Crippen LogP contribution is 2.18. The third-order valence-corrected chi connectivity index (χ3v) is 8.95. The number of rotatable bonds is 37. The number of carbonyl (C=O) groups excluding carboxylic acids is 1. The number of ether oxygens (including phenoxy) is 3. The molecule has 0 rings (SSSR count). The number of hydrogen-bond donors (Lipinski definition) is 1. The van der Waals surface area contributed by atoms with E-state index < -0.39 is 0 Å². The van der Waals surface area contributed by atoms with Crippen molar-refractivity contribution in [2.24, 2.45) is 0 Å². The lowest BCUT2D eigenvalue weighted by Gasteiger charge is -2.18. The molecule has 0 radical (unpaired) electrons. The molecule has 0 spiro atoms. The molecule has 5 nitrogen and oxygen atoms in total. The molecule has 272 valence electrons. The molecule has 0 aromatic heterocycles. The van der Waals surface area contributed by atoms with Crippen molar-refractivity contribution in [3.8, 4) is 0 Å². The molecule has 1 unspecified atom stereocenters. The van der Waals surface area contributed by atoms with E-state index in [0.29, 0.717) is 26.4 Å². The van der Waals surface area contributed by atoms with Gasteiger partial charge in [0.1, 0.15) is 6.10 Å². The van der Waals surface area contributed by atoms with Crippen molar-refractivity contribution in [3.05, 3.63) is 0 Å². The normalized spacial score (nSPS) is 11.8. The van der Waals surface area contributed by atoms with Gasteiger partial charge in [-0.25, -0.2) is 4.79 Å². The Balaban J connectivity index is 0. The monoisotopic (exact) mass is 642 g/mol. The zero-order valence-corrected chi connectivity index (χ0v) is 30.3. The standard InChI is InChI=1S/C39H79NO4.CH4/c1-4-6-8-10-12-14-16-17-18-19-20-22-24-26-28-30-33-38(44-39(41)40-34-31-35-43-37-36-42-3)32-29-27-25-23-21-15-13-11-9-7-5-2;/h38H,4-37H2,1-3H3,(H,40,41);1H4. The quantitative estimate of drug-likeness (QED) is 0.0686. The number of nitrogens with one attached hydrogen (secondary N) is 1. The lowest BCUT2D eigenvalue weighted by Crippen LogP contribution is -2.30. The fraction of sp³-hybridized carbons (Fsp3) is 0.975. The first kappa shape index (κ1) is 46.3. The third-order valence-electron chi connectivity index (χ3n) is 8.95. The van der Waals surface area contributed by atoms with E-state index in [1.54, 1.807) is 7.11 Å². The van der Waals surface area contributed by atoms with Gasteiger partial charge in [0.25, 0.3) is 0 Å². The molecule has 5 heteroatoms. The summed E-state index contributed by atoms with van der Waals surface area (Å²) in [7, 11) is 1.67. The van der Waals surface area contributed by atoms with Crippen LogP contribution in [0.5, 0.6) is 0 Å². The van der Waals surface area contributed by atoms with E-state index in [4.69, 9.17) is 14.2 Å². The first-order valence-corrected chi connectivity index (χ1v) is 19.8. The lowest BCUT2D eigenvalue weighted by molar-refractivity contribution is 0.0670. The van der Waals surface area contributed by atoms with Crippen LogP contribution in [0, 0.1) is 0 Å². The van der Waals surface area contributed by atoms with Gasteiger partial charge in [0.15, 0.2) is 0 Å². The van der Waals surface area contributed by atoms with Crippen LogP contribution in [0.4, 0.5) is 4.79 Å². The first-order chi connectivity index (χ1) is 21.7. The van der Waals surface area contributed by atoms with Gasteiger partial charge in [-0.3, -0.25) is 0 Å². The summed E-state index contributed by atoms with van der Waals surface area (Å²) in [4.78, 5) is 12.5. The van der Waals surface area contributed by atoms with E-state index in [0.717, 1.165) is 19.3 Å². The van der Waals surface area contributed by atoms with Gasteiger partial charge in [0.05, 0.1) is 13.2 Å². The number of carbonyl (C=O) groups is 1. The minimum Gasteiger partial charge on any atom is -0.446 e. The summed E-state index contributed by atoms with van der Waals surface area (Å²) in [5, 5.41) is 2.93. The second-order valence-corrected chi connectivity index (χ2v) is 13.3. The van der Waals surface area contributed by atoms with Crippen LogP contribution in [0.3, 0.4) is 0 Å². The molecule has 1 atom stereocenters. The van der Waals surface area contributed by atoms with Crippen LogP contribution < -0.4 is 5.32 Å². The summed E-state index contributed by atoms with van der Waals surface area (Å²) in [6, 6.07) is 0. The van der Waals surface area contributed by atoms with E-state index in [2.05, 4.69) is 19.2 Å². The van der Waals surface area contributed by atoms with E-state index in [9.17, 15) is 4.79 Å². The van der Waals surface area contributed by atoms with Gasteiger partial charge in [-0.2, -0.15) is 0 Å². The summed E-state index contributed by atoms with van der Waals surface area (Å²) in [6.45, 7) is 7.00. The Morgan fingerprint density at radius 1 is 0.489 bits per heavy atom. The Morgan fingerprint density at radius 2 is 0.844 bits per heavy atom. The molecule has 0 aliphatic carbocycles. The number of amides is 1. The predicted octanol–water partition coefficient (Wildman–Crippen LogP) is 13.1. The second kappa shape index (κ2) is 41.2. The van der Waals surface area contributed by atoms with Crippen molar-refractivity contribution >= 4 is 6.09 Å². The summed E-state index contributed by atoms with van der Waals surface area (Å²) in [5.74, 6) is 0. The smallest absolute Gasteiger partial charge is 0.407 e. The Labute approximate surface area is 283 Å². The molecule has 1 N–H and O–H groups in total. The lowest BCUT2D eigenvalue weighted by atomic mass is 10.0. The van der Waals surface area contributed by atoms with E-state index in [-0.39, 0.29) is 19.6 Å². The van der Waals surface area contributed by atoms with Crippen LogP contribution in [0.1, 0.15) is 214 Å². The maximum Gasteiger partial charge on any atom is 0.407 e. The average molecular weight is 642 g/mol. The van der Waals surface area contributed by atoms with Crippen LogP contribution in [-0.4, -0.2) is 45.7 Å². The molecule has 0 aromatic rings. The first-order valence-electron chi connectivity index (χ1n) is 19.8. The summed E-state index contributed by atoms with van der Waals surface area (Å²) < 4.78 is 16.4. The number of methoxy groups -OCH3 is 1. The van der Waals surface area contributed by atoms with Crippen molar-refractivity contribution in [1.82, 2.24) is 5.32 Å². The predicted molar refractivity (Wildman–Crippen MR) is 198 cm³/mol. The maximum atomic E-state index is 12.5. The molecule has 0 bridgehead atoms. The number of alkyl carbamates (subject to hydrolysis) is 1. The fourth-order valence-corrected chi connectivity index (χ4v) is 6.02. The van der Waals surface area contributed by atoms with E-state index in [1.807, 2.05) is 0 Å². The molecule has 0 saturated carbocycles. The molecule has 1 amide bonds. The van der Waals surface area contributed by atoms with E-state index >= 15 is 0 Å². The molecule has 0 aliphatic heterocycles. The van der Waals surface area contributed by atoms with Crippen molar-refractivity contribution in [2.75, 3.05) is 33.5 Å². The van der Waals surface area contributed by atoms with Gasteiger partial charge in [-0.15, -0.1) is 0 Å². The Kier molecular flexibility index (Phi) is 42.4. The van der Waals surface area contributed by atoms with Crippen LogP contribution in [0.25, 0.3) is 0 Å². The highest BCUT2D eigenvalue weighted by Gasteiger charge is 2.14. The summed E-state index contributed by atoms with van der Waals surface area (Å²) in [6.07, 6.45) is 39.5. The number of hydrogen-bond acceptors (Lipinski definition) is 4. The van der Waals surface area contributed by atoms with Crippen LogP contribution in [-0.2, 0) is 14.2 Å². The van der Waals surface area contributed by atoms with Crippen molar-refractivity contribution in [1.29, 1.82) is 0 Å². The molecule has 45 heavy (non-hydrogen) atoms. The second-order valence-electron chi connectivity index (χ2n) is 13.3. The Bertz CT molecular complexity index is 544.